The number of benzene rings is 2. The molecule has 1 fully saturated rings. The molecule has 4 rings (SSSR count). The quantitative estimate of drug-likeness (QED) is 0.548. The van der Waals surface area contributed by atoms with Crippen molar-refractivity contribution < 1.29 is 17.5 Å². The number of hydrogen-bond donors (Lipinski definition) is 0. The number of halogens is 1. The van der Waals surface area contributed by atoms with Crippen molar-refractivity contribution in [3.63, 3.8) is 0 Å². The van der Waals surface area contributed by atoms with E-state index in [0.717, 1.165) is 19.5 Å². The molecule has 2 aromatic carbocycles. The fourth-order valence-corrected chi connectivity index (χ4v) is 6.18. The third-order valence-electron chi connectivity index (χ3n) is 6.33. The molecular weight excluding hydrogens is 443 g/mol. The van der Waals surface area contributed by atoms with Crippen molar-refractivity contribution in [2.75, 3.05) is 25.1 Å². The first kappa shape index (κ1) is 23.3. The largest absolute Gasteiger partial charge is 0.497 e. The third-order valence-corrected chi connectivity index (χ3v) is 8.09. The van der Waals surface area contributed by atoms with Gasteiger partial charge in [-0.05, 0) is 61.6 Å². The molecule has 0 unspecified atom stereocenters. The molecule has 0 spiro atoms. The number of piperidine rings is 1. The second-order valence-electron chi connectivity index (χ2n) is 8.96. The first-order valence-electron chi connectivity index (χ1n) is 11.2. The standard InChI is InChI=1S/C25H29FN2O4S/c1-5-27-15-24(33(30,31)19-8-6-18(32-4)7-9-19)25(29)20-11-21(26)23(12-22(20)27)28-13-16(2)10-17(3)14-28/h6-9,11-12,15-17H,5,10,13-14H2,1-4H3/t16-,17-/m0/s1. The predicted octanol–water partition coefficient (Wildman–Crippen LogP) is 4.48. The van der Waals surface area contributed by atoms with Gasteiger partial charge in [-0.3, -0.25) is 4.79 Å². The summed E-state index contributed by atoms with van der Waals surface area (Å²) in [6.45, 7) is 8.08. The zero-order chi connectivity index (χ0) is 23.9. The van der Waals surface area contributed by atoms with E-state index in [-0.39, 0.29) is 15.2 Å². The van der Waals surface area contributed by atoms with Crippen LogP contribution < -0.4 is 15.1 Å². The van der Waals surface area contributed by atoms with Gasteiger partial charge in [0, 0.05) is 25.8 Å². The maximum atomic E-state index is 15.3. The van der Waals surface area contributed by atoms with Crippen LogP contribution in [-0.2, 0) is 16.4 Å². The number of aryl methyl sites for hydroxylation is 1. The molecule has 1 aliphatic rings. The van der Waals surface area contributed by atoms with Crippen LogP contribution in [0.4, 0.5) is 10.1 Å². The number of aromatic nitrogens is 1. The van der Waals surface area contributed by atoms with Gasteiger partial charge in [-0.1, -0.05) is 13.8 Å². The molecule has 176 valence electrons. The van der Waals surface area contributed by atoms with Gasteiger partial charge in [0.25, 0.3) is 0 Å². The monoisotopic (exact) mass is 472 g/mol. The van der Waals surface area contributed by atoms with E-state index in [9.17, 15) is 13.2 Å². The fourth-order valence-electron chi connectivity index (χ4n) is 4.81. The minimum atomic E-state index is -4.10. The van der Waals surface area contributed by atoms with Gasteiger partial charge in [0.1, 0.15) is 16.5 Å². The van der Waals surface area contributed by atoms with Gasteiger partial charge in [-0.25, -0.2) is 12.8 Å². The number of fused-ring (bicyclic) bond motifs is 1. The topological polar surface area (TPSA) is 68.6 Å². The number of hydrogen-bond acceptors (Lipinski definition) is 5. The normalized spacial score (nSPS) is 19.1. The summed E-state index contributed by atoms with van der Waals surface area (Å²) >= 11 is 0. The highest BCUT2D eigenvalue weighted by molar-refractivity contribution is 7.91. The number of methoxy groups -OCH3 is 1. The highest BCUT2D eigenvalue weighted by atomic mass is 32.2. The smallest absolute Gasteiger partial charge is 0.211 e. The summed E-state index contributed by atoms with van der Waals surface area (Å²) < 4.78 is 48.6. The van der Waals surface area contributed by atoms with Crippen molar-refractivity contribution in [2.45, 2.75) is 43.5 Å². The summed E-state index contributed by atoms with van der Waals surface area (Å²) in [4.78, 5) is 14.9. The van der Waals surface area contributed by atoms with Crippen molar-refractivity contribution in [3.8, 4) is 5.75 Å². The molecule has 0 radical (unpaired) electrons. The zero-order valence-electron chi connectivity index (χ0n) is 19.3. The molecular formula is C25H29FN2O4S. The Hall–Kier alpha value is -2.87. The lowest BCUT2D eigenvalue weighted by atomic mass is 9.91. The second-order valence-corrected chi connectivity index (χ2v) is 10.9. The molecule has 0 amide bonds. The molecule has 0 bridgehead atoms. The third kappa shape index (κ3) is 4.24. The summed E-state index contributed by atoms with van der Waals surface area (Å²) in [7, 11) is -2.61. The summed E-state index contributed by atoms with van der Waals surface area (Å²) in [5, 5.41) is 0.0609. The van der Waals surface area contributed by atoms with Crippen LogP contribution in [0.3, 0.4) is 0 Å². The Morgan fingerprint density at radius 3 is 2.30 bits per heavy atom. The Labute approximate surface area is 193 Å². The minimum Gasteiger partial charge on any atom is -0.497 e. The van der Waals surface area contributed by atoms with E-state index < -0.39 is 21.1 Å². The molecule has 1 aliphatic heterocycles. The van der Waals surface area contributed by atoms with E-state index in [1.807, 2.05) is 11.8 Å². The summed E-state index contributed by atoms with van der Waals surface area (Å²) in [6.07, 6.45) is 2.46. The molecule has 2 heterocycles. The van der Waals surface area contributed by atoms with E-state index in [2.05, 4.69) is 13.8 Å². The molecule has 1 aromatic heterocycles. The molecule has 0 aliphatic carbocycles. The van der Waals surface area contributed by atoms with Crippen LogP contribution in [0, 0.1) is 17.7 Å². The fraction of sp³-hybridized carbons (Fsp3) is 0.400. The minimum absolute atomic E-state index is 0.0178. The second kappa shape index (κ2) is 8.82. The number of nitrogens with zero attached hydrogens (tertiary/aromatic N) is 2. The van der Waals surface area contributed by atoms with E-state index >= 15 is 4.39 Å². The van der Waals surface area contributed by atoms with Gasteiger partial charge >= 0.3 is 0 Å². The van der Waals surface area contributed by atoms with Crippen LogP contribution in [0.2, 0.25) is 0 Å². The Kier molecular flexibility index (Phi) is 6.22. The van der Waals surface area contributed by atoms with Crippen molar-refractivity contribution in [2.24, 2.45) is 11.8 Å². The molecule has 0 N–H and O–H groups in total. The summed E-state index contributed by atoms with van der Waals surface area (Å²) in [6, 6.07) is 8.73. The van der Waals surface area contributed by atoms with Gasteiger partial charge in [0.15, 0.2) is 0 Å². The van der Waals surface area contributed by atoms with E-state index in [1.54, 1.807) is 10.6 Å². The van der Waals surface area contributed by atoms with Crippen LogP contribution in [0.25, 0.3) is 10.9 Å². The van der Waals surface area contributed by atoms with Gasteiger partial charge in [-0.2, -0.15) is 0 Å². The highest BCUT2D eigenvalue weighted by Crippen LogP contribution is 2.31. The lowest BCUT2D eigenvalue weighted by Crippen LogP contribution is -2.39. The molecule has 1 saturated heterocycles. The summed E-state index contributed by atoms with van der Waals surface area (Å²) in [5.74, 6) is 0.875. The molecule has 33 heavy (non-hydrogen) atoms. The number of pyridine rings is 1. The number of sulfone groups is 1. The predicted molar refractivity (Wildman–Crippen MR) is 127 cm³/mol. The number of anilines is 1. The number of rotatable bonds is 5. The Balaban J connectivity index is 1.88. The first-order chi connectivity index (χ1) is 15.6. The van der Waals surface area contributed by atoms with Crippen molar-refractivity contribution in [1.82, 2.24) is 4.57 Å². The van der Waals surface area contributed by atoms with Crippen LogP contribution in [-0.4, -0.2) is 33.2 Å². The lowest BCUT2D eigenvalue weighted by molar-refractivity contribution is 0.354. The Morgan fingerprint density at radius 1 is 1.09 bits per heavy atom. The molecule has 0 saturated carbocycles. The SMILES string of the molecule is CCn1cc(S(=O)(=O)c2ccc(OC)cc2)c(=O)c2cc(F)c(N3C[C@@H](C)C[C@H](C)C3)cc21. The lowest BCUT2D eigenvalue weighted by Gasteiger charge is -2.37. The Bertz CT molecular complexity index is 1340. The van der Waals surface area contributed by atoms with Crippen LogP contribution in [0.5, 0.6) is 5.75 Å². The van der Waals surface area contributed by atoms with Crippen LogP contribution >= 0.6 is 0 Å². The van der Waals surface area contributed by atoms with Crippen LogP contribution in [0.1, 0.15) is 27.2 Å². The van der Waals surface area contributed by atoms with Gasteiger partial charge in [-0.15, -0.1) is 0 Å². The maximum absolute atomic E-state index is 15.3. The molecule has 2 atom stereocenters. The van der Waals surface area contributed by atoms with Gasteiger partial charge in [0.2, 0.25) is 15.3 Å². The molecule has 8 heteroatoms. The van der Waals surface area contributed by atoms with Gasteiger partial charge < -0.3 is 14.2 Å². The first-order valence-corrected chi connectivity index (χ1v) is 12.6. The maximum Gasteiger partial charge on any atom is 0.211 e. The highest BCUT2D eigenvalue weighted by Gasteiger charge is 2.27. The van der Waals surface area contributed by atoms with E-state index in [0.29, 0.717) is 35.3 Å². The zero-order valence-corrected chi connectivity index (χ0v) is 20.2. The van der Waals surface area contributed by atoms with Crippen molar-refractivity contribution in [3.05, 3.63) is 58.6 Å². The average molecular weight is 473 g/mol. The summed E-state index contributed by atoms with van der Waals surface area (Å²) in [5.41, 5.74) is 0.281. The average Bonchev–Trinajstić information content (AvgIpc) is 2.78. The van der Waals surface area contributed by atoms with E-state index in [1.165, 1.54) is 43.6 Å². The molecule has 6 nitrogen and oxygen atoms in total. The van der Waals surface area contributed by atoms with Crippen molar-refractivity contribution >= 4 is 26.4 Å². The Morgan fingerprint density at radius 2 is 1.73 bits per heavy atom. The molecule has 3 aromatic rings. The van der Waals surface area contributed by atoms with Crippen LogP contribution in [0.15, 0.2) is 57.2 Å². The van der Waals surface area contributed by atoms with E-state index in [4.69, 9.17) is 4.74 Å². The van der Waals surface area contributed by atoms with Crippen molar-refractivity contribution in [1.29, 1.82) is 0 Å². The van der Waals surface area contributed by atoms with Gasteiger partial charge in [0.05, 0.1) is 28.6 Å². The number of ether oxygens (including phenoxy) is 1.